The molecule has 2 aliphatic rings. The Balaban J connectivity index is 1.85. The summed E-state index contributed by atoms with van der Waals surface area (Å²) in [6.07, 6.45) is 5.62. The molecule has 0 amide bonds. The van der Waals surface area contributed by atoms with Crippen LogP contribution in [0.3, 0.4) is 0 Å². The lowest BCUT2D eigenvalue weighted by atomic mass is 9.93. The van der Waals surface area contributed by atoms with Crippen LogP contribution >= 0.6 is 0 Å². The summed E-state index contributed by atoms with van der Waals surface area (Å²) in [5.41, 5.74) is 2.82. The van der Waals surface area contributed by atoms with Crippen LogP contribution in [0.4, 0.5) is 0 Å². The van der Waals surface area contributed by atoms with Gasteiger partial charge in [-0.25, -0.2) is 4.79 Å². The molecule has 37 heavy (non-hydrogen) atoms. The molecule has 0 aromatic heterocycles. The van der Waals surface area contributed by atoms with E-state index >= 15 is 0 Å². The number of fused-ring (bicyclic) bond motifs is 2. The average Bonchev–Trinajstić information content (AvgIpc) is 3.19. The Kier molecular flexibility index (Phi) is 8.49. The zero-order valence-electron chi connectivity index (χ0n) is 22.0. The molecule has 0 bridgehead atoms. The van der Waals surface area contributed by atoms with E-state index in [1.807, 2.05) is 82.3 Å². The van der Waals surface area contributed by atoms with Gasteiger partial charge in [-0.2, -0.15) is 0 Å². The number of hydrogen-bond acceptors (Lipinski definition) is 7. The van der Waals surface area contributed by atoms with Crippen LogP contribution < -0.4 is 4.74 Å². The van der Waals surface area contributed by atoms with Gasteiger partial charge in [-0.3, -0.25) is 0 Å². The highest BCUT2D eigenvalue weighted by atomic mass is 16.8. The fourth-order valence-corrected chi connectivity index (χ4v) is 4.64. The lowest BCUT2D eigenvalue weighted by Crippen LogP contribution is -2.34. The standard InChI is InChI=1S/C30H36O7/c1-19-14-16-24(31)28-26(36-30(3,4)37-28)13-9-12-23-22(21-10-7-6-8-11-21)15-17-25(34-18-33-5)27(23)29(32)35-20(19)2/h6-12,14-17,19-20,24,26,28,31H,13,18H2,1-5H3/b12-9?,16-14-/t19-,20+,24?,26+,28-/m1/s1. The number of benzene rings is 2. The fourth-order valence-electron chi connectivity index (χ4n) is 4.64. The quantitative estimate of drug-likeness (QED) is 0.338. The molecule has 198 valence electrons. The summed E-state index contributed by atoms with van der Waals surface area (Å²) in [5.74, 6) is -1.09. The molecule has 0 spiro atoms. The van der Waals surface area contributed by atoms with Crippen LogP contribution in [0.1, 0.15) is 50.0 Å². The third kappa shape index (κ3) is 6.30. The summed E-state index contributed by atoms with van der Waals surface area (Å²) in [4.78, 5) is 13.6. The zero-order valence-corrected chi connectivity index (χ0v) is 22.0. The summed E-state index contributed by atoms with van der Waals surface area (Å²) in [7, 11) is 1.53. The molecule has 0 saturated carbocycles. The van der Waals surface area contributed by atoms with E-state index in [4.69, 9.17) is 23.7 Å². The predicted octanol–water partition coefficient (Wildman–Crippen LogP) is 5.37. The van der Waals surface area contributed by atoms with Gasteiger partial charge in [-0.15, -0.1) is 0 Å². The Morgan fingerprint density at radius 2 is 1.81 bits per heavy atom. The maximum atomic E-state index is 13.6. The molecule has 1 saturated heterocycles. The second kappa shape index (κ2) is 11.6. The largest absolute Gasteiger partial charge is 0.467 e. The number of methoxy groups -OCH3 is 1. The van der Waals surface area contributed by atoms with E-state index in [1.165, 1.54) is 7.11 Å². The number of rotatable bonds is 4. The van der Waals surface area contributed by atoms with E-state index in [-0.39, 0.29) is 18.8 Å². The zero-order chi connectivity index (χ0) is 26.6. The van der Waals surface area contributed by atoms with E-state index in [1.54, 1.807) is 12.1 Å². The van der Waals surface area contributed by atoms with E-state index in [9.17, 15) is 9.90 Å². The number of aliphatic hydroxyl groups excluding tert-OH is 1. The molecule has 7 heteroatoms. The Labute approximate surface area is 218 Å². The highest BCUT2D eigenvalue weighted by Gasteiger charge is 2.43. The molecule has 2 heterocycles. The minimum absolute atomic E-state index is 0.00921. The molecule has 1 N–H and O–H groups in total. The second-order valence-electron chi connectivity index (χ2n) is 9.94. The molecule has 1 fully saturated rings. The first-order valence-corrected chi connectivity index (χ1v) is 12.6. The van der Waals surface area contributed by atoms with Gasteiger partial charge in [-0.1, -0.05) is 67.6 Å². The molecule has 7 nitrogen and oxygen atoms in total. The number of carbonyl (C=O) groups is 1. The van der Waals surface area contributed by atoms with Gasteiger partial charge in [0.2, 0.25) is 0 Å². The van der Waals surface area contributed by atoms with Crippen molar-refractivity contribution in [3.63, 3.8) is 0 Å². The SMILES string of the molecule is COCOc1ccc(-c2ccccc2)c2c1C(=O)O[C@@H](C)[C@H](C)/C=C\C(O)[C@H]1OC(C)(C)O[C@H]1CC=C2. The smallest absolute Gasteiger partial charge is 0.342 e. The van der Waals surface area contributed by atoms with Crippen LogP contribution in [0, 0.1) is 5.92 Å². The van der Waals surface area contributed by atoms with Crippen molar-refractivity contribution in [1.29, 1.82) is 0 Å². The lowest BCUT2D eigenvalue weighted by molar-refractivity contribution is -0.152. The average molecular weight is 509 g/mol. The number of esters is 1. The number of hydrogen-bond donors (Lipinski definition) is 1. The molecule has 0 aliphatic carbocycles. The molecule has 1 unspecified atom stereocenters. The van der Waals surface area contributed by atoms with Crippen molar-refractivity contribution in [2.45, 2.75) is 64.3 Å². The highest BCUT2D eigenvalue weighted by molar-refractivity contribution is 6.00. The maximum Gasteiger partial charge on any atom is 0.342 e. The summed E-state index contributed by atoms with van der Waals surface area (Å²) in [5, 5.41) is 10.9. The second-order valence-corrected chi connectivity index (χ2v) is 9.94. The van der Waals surface area contributed by atoms with Crippen molar-refractivity contribution in [3.05, 3.63) is 71.8 Å². The number of aliphatic hydroxyl groups is 1. The monoisotopic (exact) mass is 508 g/mol. The van der Waals surface area contributed by atoms with Crippen LogP contribution in [-0.2, 0) is 18.9 Å². The van der Waals surface area contributed by atoms with Gasteiger partial charge in [0, 0.05) is 18.6 Å². The highest BCUT2D eigenvalue weighted by Crippen LogP contribution is 2.36. The molecule has 0 radical (unpaired) electrons. The summed E-state index contributed by atoms with van der Waals surface area (Å²) >= 11 is 0. The van der Waals surface area contributed by atoms with Crippen LogP contribution in [-0.4, -0.2) is 55.2 Å². The molecule has 2 aromatic rings. The predicted molar refractivity (Wildman–Crippen MR) is 141 cm³/mol. The van der Waals surface area contributed by atoms with Crippen molar-refractivity contribution in [3.8, 4) is 16.9 Å². The van der Waals surface area contributed by atoms with Gasteiger partial charge in [0.25, 0.3) is 0 Å². The minimum atomic E-state index is -0.866. The summed E-state index contributed by atoms with van der Waals surface area (Å²) < 4.78 is 29.0. The topological polar surface area (TPSA) is 83.5 Å². The van der Waals surface area contributed by atoms with Crippen LogP contribution in [0.15, 0.2) is 60.7 Å². The first-order valence-electron chi connectivity index (χ1n) is 12.6. The van der Waals surface area contributed by atoms with Crippen molar-refractivity contribution in [2.24, 2.45) is 5.92 Å². The Morgan fingerprint density at radius 1 is 1.05 bits per heavy atom. The summed E-state index contributed by atoms with van der Waals surface area (Å²) in [6, 6.07) is 13.5. The molecule has 2 aromatic carbocycles. The molecular weight excluding hydrogens is 472 g/mol. The summed E-state index contributed by atoms with van der Waals surface area (Å²) in [6.45, 7) is 7.44. The van der Waals surface area contributed by atoms with Gasteiger partial charge in [-0.05, 0) is 44.4 Å². The first kappa shape index (κ1) is 27.1. The third-order valence-corrected chi connectivity index (χ3v) is 6.68. The number of cyclic esters (lactones) is 1. The Bertz CT molecular complexity index is 1140. The maximum absolute atomic E-state index is 13.6. The molecule has 2 aliphatic heterocycles. The van der Waals surface area contributed by atoms with E-state index < -0.39 is 30.1 Å². The molecule has 5 atom stereocenters. The van der Waals surface area contributed by atoms with Crippen LogP contribution in [0.25, 0.3) is 17.2 Å². The first-order chi connectivity index (χ1) is 17.7. The fraction of sp³-hybridized carbons (Fsp3) is 0.433. The lowest BCUT2D eigenvalue weighted by Gasteiger charge is -2.23. The minimum Gasteiger partial charge on any atom is -0.467 e. The van der Waals surface area contributed by atoms with Crippen LogP contribution in [0.2, 0.25) is 0 Å². The van der Waals surface area contributed by atoms with Gasteiger partial charge < -0.3 is 28.8 Å². The van der Waals surface area contributed by atoms with E-state index in [0.29, 0.717) is 23.3 Å². The normalized spacial score (nSPS) is 28.5. The van der Waals surface area contributed by atoms with E-state index in [2.05, 4.69) is 0 Å². The van der Waals surface area contributed by atoms with Gasteiger partial charge in [0.05, 0.1) is 6.10 Å². The molecule has 4 rings (SSSR count). The third-order valence-electron chi connectivity index (χ3n) is 6.68. The molecular formula is C30H36O7. The van der Waals surface area contributed by atoms with Gasteiger partial charge in [0.1, 0.15) is 29.6 Å². The van der Waals surface area contributed by atoms with Crippen molar-refractivity contribution >= 4 is 12.0 Å². The van der Waals surface area contributed by atoms with Gasteiger partial charge in [0.15, 0.2) is 12.6 Å². The number of carbonyl (C=O) groups excluding carboxylic acids is 1. The number of ether oxygens (including phenoxy) is 5. The van der Waals surface area contributed by atoms with E-state index in [0.717, 1.165) is 11.1 Å². The van der Waals surface area contributed by atoms with Crippen molar-refractivity contribution in [2.75, 3.05) is 13.9 Å². The van der Waals surface area contributed by atoms with Crippen molar-refractivity contribution in [1.82, 2.24) is 0 Å². The Morgan fingerprint density at radius 3 is 2.54 bits per heavy atom. The van der Waals surface area contributed by atoms with Crippen molar-refractivity contribution < 1.29 is 33.6 Å². The van der Waals surface area contributed by atoms with Gasteiger partial charge >= 0.3 is 5.97 Å². The Hall–Kier alpha value is -2.97. The van der Waals surface area contributed by atoms with Crippen LogP contribution in [0.5, 0.6) is 5.75 Å².